The van der Waals surface area contributed by atoms with Crippen LogP contribution in [0.2, 0.25) is 0 Å². The Morgan fingerprint density at radius 2 is 0.620 bits per heavy atom. The fourth-order valence-electron chi connectivity index (χ4n) is 7.59. The molecule has 2 heterocycles. The van der Waals surface area contributed by atoms with Crippen LogP contribution in [-0.2, 0) is 0 Å². The number of rotatable bonds is 5. The predicted octanol–water partition coefficient (Wildman–Crippen LogP) is 12.9. The molecule has 0 N–H and O–H groups in total. The van der Waals surface area contributed by atoms with Gasteiger partial charge in [-0.05, 0) is 92.3 Å². The van der Waals surface area contributed by atoms with E-state index in [4.69, 9.17) is 0 Å². The Bertz CT molecular complexity index is 2660. The van der Waals surface area contributed by atoms with Crippen LogP contribution in [0.15, 0.2) is 194 Å². The second kappa shape index (κ2) is 11.5. The molecule has 234 valence electrons. The Labute approximate surface area is 290 Å². The standard InChI is InChI=1S/C48H32N2/c1-3-13-35(14-4-1)45-31-41-21-19-39(29-47(41)49(45)43-25-23-33-11-7-9-17-37(33)27-43)40-20-22-42-32-46(36-15-5-2-6-16-36)50(48(42)30-40)44-26-24-34-12-8-10-18-38(34)28-44/h1-32H. The summed E-state index contributed by atoms with van der Waals surface area (Å²) in [6, 6.07) is 70.6. The monoisotopic (exact) mass is 636 g/mol. The van der Waals surface area contributed by atoms with Crippen molar-refractivity contribution >= 4 is 43.4 Å². The molecule has 2 aromatic heterocycles. The number of fused-ring (bicyclic) bond motifs is 4. The lowest BCUT2D eigenvalue weighted by molar-refractivity contribution is 1.14. The van der Waals surface area contributed by atoms with Gasteiger partial charge in [-0.3, -0.25) is 0 Å². The summed E-state index contributed by atoms with van der Waals surface area (Å²) in [4.78, 5) is 0. The molecule has 0 radical (unpaired) electrons. The third kappa shape index (κ3) is 4.73. The minimum atomic E-state index is 1.16. The molecule has 2 heteroatoms. The second-order valence-corrected chi connectivity index (χ2v) is 13.1. The lowest BCUT2D eigenvalue weighted by Crippen LogP contribution is -1.97. The molecule has 0 spiro atoms. The maximum atomic E-state index is 2.42. The minimum Gasteiger partial charge on any atom is -0.309 e. The van der Waals surface area contributed by atoms with E-state index in [2.05, 4.69) is 203 Å². The molecular weight excluding hydrogens is 605 g/mol. The summed E-state index contributed by atoms with van der Waals surface area (Å²) in [5.41, 5.74) is 11.8. The Kier molecular flexibility index (Phi) is 6.53. The first-order valence-electron chi connectivity index (χ1n) is 17.2. The van der Waals surface area contributed by atoms with Crippen LogP contribution in [0.5, 0.6) is 0 Å². The van der Waals surface area contributed by atoms with Gasteiger partial charge in [0, 0.05) is 22.1 Å². The second-order valence-electron chi connectivity index (χ2n) is 13.1. The van der Waals surface area contributed by atoms with Gasteiger partial charge in [0.2, 0.25) is 0 Å². The first-order chi connectivity index (χ1) is 24.8. The van der Waals surface area contributed by atoms with Crippen molar-refractivity contribution in [1.29, 1.82) is 0 Å². The normalized spacial score (nSPS) is 11.6. The van der Waals surface area contributed by atoms with Crippen LogP contribution in [0, 0.1) is 0 Å². The van der Waals surface area contributed by atoms with Gasteiger partial charge in [0.05, 0.1) is 22.4 Å². The van der Waals surface area contributed by atoms with E-state index in [1.807, 2.05) is 0 Å². The molecule has 0 atom stereocenters. The van der Waals surface area contributed by atoms with Crippen molar-refractivity contribution in [2.75, 3.05) is 0 Å². The summed E-state index contributed by atoms with van der Waals surface area (Å²) in [6.07, 6.45) is 0. The van der Waals surface area contributed by atoms with Crippen LogP contribution in [0.1, 0.15) is 0 Å². The number of hydrogen-bond donors (Lipinski definition) is 0. The van der Waals surface area contributed by atoms with Gasteiger partial charge in [0.1, 0.15) is 0 Å². The van der Waals surface area contributed by atoms with Crippen LogP contribution in [-0.4, -0.2) is 9.13 Å². The zero-order valence-electron chi connectivity index (χ0n) is 27.4. The summed E-state index contributed by atoms with van der Waals surface area (Å²) < 4.78 is 4.84. The maximum Gasteiger partial charge on any atom is 0.0541 e. The molecule has 0 saturated carbocycles. The average molecular weight is 637 g/mol. The molecule has 2 nitrogen and oxygen atoms in total. The zero-order chi connectivity index (χ0) is 33.0. The molecule has 0 aliphatic carbocycles. The lowest BCUT2D eigenvalue weighted by Gasteiger charge is -2.14. The van der Waals surface area contributed by atoms with E-state index in [0.717, 1.165) is 11.4 Å². The minimum absolute atomic E-state index is 1.16. The van der Waals surface area contributed by atoms with Crippen LogP contribution >= 0.6 is 0 Å². The fraction of sp³-hybridized carbons (Fsp3) is 0. The van der Waals surface area contributed by atoms with Crippen molar-refractivity contribution < 1.29 is 0 Å². The van der Waals surface area contributed by atoms with E-state index < -0.39 is 0 Å². The van der Waals surface area contributed by atoms with Crippen molar-refractivity contribution in [3.63, 3.8) is 0 Å². The van der Waals surface area contributed by atoms with E-state index in [1.165, 1.54) is 77.0 Å². The van der Waals surface area contributed by atoms with Crippen LogP contribution < -0.4 is 0 Å². The van der Waals surface area contributed by atoms with Gasteiger partial charge in [-0.2, -0.15) is 0 Å². The Morgan fingerprint density at radius 3 is 1.06 bits per heavy atom. The molecule has 0 unspecified atom stereocenters. The maximum absolute atomic E-state index is 2.42. The van der Waals surface area contributed by atoms with Crippen LogP contribution in [0.4, 0.5) is 0 Å². The highest BCUT2D eigenvalue weighted by atomic mass is 15.0. The SMILES string of the molecule is c1ccc(-c2cc3ccc(-c4ccc5cc(-c6ccccc6)n(-c6ccc7ccccc7c6)c5c4)cc3n2-c2ccc3ccccc3c2)cc1. The number of benzene rings is 8. The van der Waals surface area contributed by atoms with Crippen molar-refractivity contribution in [1.82, 2.24) is 9.13 Å². The summed E-state index contributed by atoms with van der Waals surface area (Å²) in [6.45, 7) is 0. The number of hydrogen-bond acceptors (Lipinski definition) is 0. The Morgan fingerprint density at radius 1 is 0.240 bits per heavy atom. The lowest BCUT2D eigenvalue weighted by atomic mass is 10.0. The van der Waals surface area contributed by atoms with E-state index in [9.17, 15) is 0 Å². The summed E-state index contributed by atoms with van der Waals surface area (Å²) in [5, 5.41) is 7.38. The van der Waals surface area contributed by atoms with Gasteiger partial charge < -0.3 is 9.13 Å². The van der Waals surface area contributed by atoms with E-state index >= 15 is 0 Å². The van der Waals surface area contributed by atoms with Gasteiger partial charge in [-0.15, -0.1) is 0 Å². The molecule has 0 fully saturated rings. The highest BCUT2D eigenvalue weighted by Gasteiger charge is 2.17. The van der Waals surface area contributed by atoms with Gasteiger partial charge >= 0.3 is 0 Å². The molecular formula is C48H32N2. The first-order valence-corrected chi connectivity index (χ1v) is 17.2. The fourth-order valence-corrected chi connectivity index (χ4v) is 7.59. The molecule has 0 amide bonds. The molecule has 10 rings (SSSR count). The summed E-state index contributed by atoms with van der Waals surface area (Å²) >= 11 is 0. The van der Waals surface area contributed by atoms with Gasteiger partial charge in [0.15, 0.2) is 0 Å². The van der Waals surface area contributed by atoms with E-state index in [-0.39, 0.29) is 0 Å². The van der Waals surface area contributed by atoms with Crippen LogP contribution in [0.3, 0.4) is 0 Å². The smallest absolute Gasteiger partial charge is 0.0541 e. The molecule has 8 aromatic carbocycles. The van der Waals surface area contributed by atoms with Crippen molar-refractivity contribution in [3.05, 3.63) is 194 Å². The number of nitrogens with zero attached hydrogens (tertiary/aromatic N) is 2. The average Bonchev–Trinajstić information content (AvgIpc) is 3.77. The van der Waals surface area contributed by atoms with E-state index in [0.29, 0.717) is 0 Å². The summed E-state index contributed by atoms with van der Waals surface area (Å²) in [7, 11) is 0. The molecule has 0 bridgehead atoms. The summed E-state index contributed by atoms with van der Waals surface area (Å²) in [5.74, 6) is 0. The largest absolute Gasteiger partial charge is 0.309 e. The Hall–Kier alpha value is -6.64. The molecule has 10 aromatic rings. The van der Waals surface area contributed by atoms with Gasteiger partial charge in [-0.1, -0.05) is 146 Å². The van der Waals surface area contributed by atoms with E-state index in [1.54, 1.807) is 0 Å². The number of aromatic nitrogens is 2. The molecule has 50 heavy (non-hydrogen) atoms. The van der Waals surface area contributed by atoms with Crippen molar-refractivity contribution in [2.24, 2.45) is 0 Å². The van der Waals surface area contributed by atoms with Crippen LogP contribution in [0.25, 0.3) is 88.4 Å². The highest BCUT2D eigenvalue weighted by Crippen LogP contribution is 2.38. The molecule has 0 saturated heterocycles. The third-order valence-corrected chi connectivity index (χ3v) is 10.1. The quantitative estimate of drug-likeness (QED) is 0.178. The Balaban J connectivity index is 1.18. The third-order valence-electron chi connectivity index (χ3n) is 10.1. The van der Waals surface area contributed by atoms with Gasteiger partial charge in [0.25, 0.3) is 0 Å². The zero-order valence-corrected chi connectivity index (χ0v) is 27.4. The first kappa shape index (κ1) is 28.4. The van der Waals surface area contributed by atoms with Gasteiger partial charge in [-0.25, -0.2) is 0 Å². The predicted molar refractivity (Wildman–Crippen MR) is 211 cm³/mol. The highest BCUT2D eigenvalue weighted by molar-refractivity contribution is 5.97. The molecule has 0 aliphatic heterocycles. The van der Waals surface area contributed by atoms with Crippen molar-refractivity contribution in [2.45, 2.75) is 0 Å². The van der Waals surface area contributed by atoms with Crippen molar-refractivity contribution in [3.8, 4) is 45.0 Å². The topological polar surface area (TPSA) is 9.86 Å². The molecule has 0 aliphatic rings.